The molecule has 0 radical (unpaired) electrons. The Morgan fingerprint density at radius 2 is 2.03 bits per heavy atom. The molecule has 0 spiro atoms. The first kappa shape index (κ1) is 21.4. The number of benzene rings is 1. The van der Waals surface area contributed by atoms with Crippen molar-refractivity contribution in [3.05, 3.63) is 46.5 Å². The Balaban J connectivity index is 1.45. The lowest BCUT2D eigenvalue weighted by molar-refractivity contribution is 0.0590. The van der Waals surface area contributed by atoms with Gasteiger partial charge in [0.05, 0.1) is 6.04 Å². The van der Waals surface area contributed by atoms with Crippen molar-refractivity contribution in [3.8, 4) is 10.8 Å². The molecule has 2 aromatic heterocycles. The van der Waals surface area contributed by atoms with E-state index in [1.807, 2.05) is 16.4 Å². The van der Waals surface area contributed by atoms with Gasteiger partial charge in [-0.3, -0.25) is 4.79 Å². The maximum atomic E-state index is 13.7. The summed E-state index contributed by atoms with van der Waals surface area (Å²) < 4.78 is 20.0. The summed E-state index contributed by atoms with van der Waals surface area (Å²) in [6.45, 7) is 4.81. The van der Waals surface area contributed by atoms with E-state index in [1.54, 1.807) is 24.3 Å². The summed E-state index contributed by atoms with van der Waals surface area (Å²) in [7, 11) is 0. The minimum absolute atomic E-state index is 0.0704. The van der Waals surface area contributed by atoms with Gasteiger partial charge in [0.1, 0.15) is 12.0 Å². The molecule has 0 saturated carbocycles. The second kappa shape index (κ2) is 8.84. The van der Waals surface area contributed by atoms with Crippen LogP contribution in [-0.2, 0) is 6.54 Å². The molecule has 3 aromatic rings. The van der Waals surface area contributed by atoms with Crippen molar-refractivity contribution in [2.24, 2.45) is 0 Å². The predicted molar refractivity (Wildman–Crippen MR) is 119 cm³/mol. The minimum Gasteiger partial charge on any atom is -0.327 e. The number of hydrogen-bond donors (Lipinski definition) is 0. The van der Waals surface area contributed by atoms with E-state index in [2.05, 4.69) is 24.5 Å². The molecule has 1 saturated heterocycles. The van der Waals surface area contributed by atoms with Crippen LogP contribution in [0.5, 0.6) is 0 Å². The van der Waals surface area contributed by atoms with Crippen LogP contribution < -0.4 is 0 Å². The maximum absolute atomic E-state index is 13.7. The lowest BCUT2D eigenvalue weighted by Gasteiger charge is -2.36. The largest absolute Gasteiger partial charge is 0.327 e. The number of alkyl halides is 1. The van der Waals surface area contributed by atoms with Crippen molar-refractivity contribution in [2.75, 3.05) is 26.2 Å². The van der Waals surface area contributed by atoms with E-state index >= 15 is 0 Å². The quantitative estimate of drug-likeness (QED) is 0.562. The summed E-state index contributed by atoms with van der Waals surface area (Å²) in [6.07, 6.45) is 0.442. The SMILES string of the molecule is Cc1nsc(-c2nnc3n2CCN(C(=O)c2ccc(Cl)cc2)C3CCN2CC[C@@H](F)C2)n1. The second-order valence-corrected chi connectivity index (χ2v) is 9.36. The van der Waals surface area contributed by atoms with Crippen LogP contribution >= 0.6 is 23.1 Å². The highest BCUT2D eigenvalue weighted by molar-refractivity contribution is 7.09. The number of carbonyl (C=O) groups excluding carboxylic acids is 1. The fourth-order valence-electron chi connectivity index (χ4n) is 4.41. The Hall–Kier alpha value is -2.43. The molecule has 5 rings (SSSR count). The molecule has 1 amide bonds. The number of fused-ring (bicyclic) bond motifs is 1. The Bertz CT molecular complexity index is 1120. The molecule has 2 atom stereocenters. The van der Waals surface area contributed by atoms with E-state index in [9.17, 15) is 9.18 Å². The maximum Gasteiger partial charge on any atom is 0.254 e. The molecule has 1 aromatic carbocycles. The van der Waals surface area contributed by atoms with Gasteiger partial charge in [-0.25, -0.2) is 9.37 Å². The van der Waals surface area contributed by atoms with Gasteiger partial charge in [-0.2, -0.15) is 4.37 Å². The van der Waals surface area contributed by atoms with E-state index in [4.69, 9.17) is 11.6 Å². The van der Waals surface area contributed by atoms with Crippen LogP contribution in [0.4, 0.5) is 4.39 Å². The first-order valence-electron chi connectivity index (χ1n) is 10.7. The molecule has 0 N–H and O–H groups in total. The average molecular weight is 476 g/mol. The van der Waals surface area contributed by atoms with Gasteiger partial charge < -0.3 is 14.4 Å². The van der Waals surface area contributed by atoms with Gasteiger partial charge in [-0.1, -0.05) is 11.6 Å². The smallest absolute Gasteiger partial charge is 0.254 e. The summed E-state index contributed by atoms with van der Waals surface area (Å²) in [5.41, 5.74) is 0.581. The van der Waals surface area contributed by atoms with Gasteiger partial charge >= 0.3 is 0 Å². The number of carbonyl (C=O) groups is 1. The monoisotopic (exact) mass is 475 g/mol. The first-order chi connectivity index (χ1) is 15.5. The van der Waals surface area contributed by atoms with Crippen molar-refractivity contribution >= 4 is 29.0 Å². The zero-order chi connectivity index (χ0) is 22.2. The highest BCUT2D eigenvalue weighted by atomic mass is 35.5. The third-order valence-corrected chi connectivity index (χ3v) is 7.08. The Kier molecular flexibility index (Phi) is 5.92. The van der Waals surface area contributed by atoms with Crippen LogP contribution in [0.2, 0.25) is 5.02 Å². The van der Waals surface area contributed by atoms with E-state index in [0.717, 1.165) is 17.4 Å². The van der Waals surface area contributed by atoms with Crippen LogP contribution in [0.1, 0.15) is 40.9 Å². The molecule has 0 bridgehead atoms. The second-order valence-electron chi connectivity index (χ2n) is 8.18. The summed E-state index contributed by atoms with van der Waals surface area (Å²) in [6, 6.07) is 6.66. The molecule has 1 fully saturated rings. The van der Waals surface area contributed by atoms with E-state index in [1.165, 1.54) is 11.5 Å². The third kappa shape index (κ3) is 4.14. The fourth-order valence-corrected chi connectivity index (χ4v) is 5.20. The number of halogens is 2. The van der Waals surface area contributed by atoms with Crippen LogP contribution in [-0.4, -0.2) is 72.2 Å². The molecule has 2 aliphatic heterocycles. The van der Waals surface area contributed by atoms with Gasteiger partial charge in [-0.15, -0.1) is 10.2 Å². The van der Waals surface area contributed by atoms with Crippen LogP contribution in [0, 0.1) is 6.92 Å². The van der Waals surface area contributed by atoms with Gasteiger partial charge in [-0.05, 0) is 55.6 Å². The molecule has 0 aliphatic carbocycles. The van der Waals surface area contributed by atoms with E-state index in [0.29, 0.717) is 61.3 Å². The molecule has 8 nitrogen and oxygen atoms in total. The third-order valence-electron chi connectivity index (χ3n) is 6.02. The fraction of sp³-hybridized carbons (Fsp3) is 0.476. The zero-order valence-corrected chi connectivity index (χ0v) is 19.2. The van der Waals surface area contributed by atoms with Crippen molar-refractivity contribution in [2.45, 2.75) is 38.5 Å². The molecule has 2 aliphatic rings. The summed E-state index contributed by atoms with van der Waals surface area (Å²) in [5, 5.41) is 10.2. The average Bonchev–Trinajstić information content (AvgIpc) is 3.51. The predicted octanol–water partition coefficient (Wildman–Crippen LogP) is 3.39. The van der Waals surface area contributed by atoms with E-state index < -0.39 is 6.17 Å². The van der Waals surface area contributed by atoms with E-state index in [-0.39, 0.29) is 11.9 Å². The van der Waals surface area contributed by atoms with Crippen molar-refractivity contribution in [3.63, 3.8) is 0 Å². The minimum atomic E-state index is -0.774. The van der Waals surface area contributed by atoms with Gasteiger partial charge in [0.15, 0.2) is 16.7 Å². The molecule has 4 heterocycles. The molecule has 1 unspecified atom stereocenters. The molecule has 11 heteroatoms. The number of aryl methyl sites for hydroxylation is 1. The number of aromatic nitrogens is 5. The number of hydrogen-bond acceptors (Lipinski definition) is 7. The highest BCUT2D eigenvalue weighted by Crippen LogP contribution is 2.33. The number of rotatable bonds is 5. The highest BCUT2D eigenvalue weighted by Gasteiger charge is 2.36. The van der Waals surface area contributed by atoms with Gasteiger partial charge in [0.25, 0.3) is 5.91 Å². The Morgan fingerprint density at radius 1 is 1.22 bits per heavy atom. The number of amides is 1. The number of likely N-dealkylation sites (tertiary alicyclic amines) is 1. The summed E-state index contributed by atoms with van der Waals surface area (Å²) in [4.78, 5) is 21.8. The zero-order valence-electron chi connectivity index (χ0n) is 17.6. The van der Waals surface area contributed by atoms with Crippen molar-refractivity contribution < 1.29 is 9.18 Å². The molecule has 168 valence electrons. The van der Waals surface area contributed by atoms with Crippen molar-refractivity contribution in [1.82, 2.24) is 33.9 Å². The normalized spacial score (nSPS) is 21.2. The summed E-state index contributed by atoms with van der Waals surface area (Å²) >= 11 is 7.30. The van der Waals surface area contributed by atoms with Crippen LogP contribution in [0.3, 0.4) is 0 Å². The number of nitrogens with zero attached hydrogens (tertiary/aromatic N) is 7. The lowest BCUT2D eigenvalue weighted by Crippen LogP contribution is -2.43. The first-order valence-corrected chi connectivity index (χ1v) is 11.8. The Labute approximate surface area is 194 Å². The van der Waals surface area contributed by atoms with Crippen LogP contribution in [0.25, 0.3) is 10.8 Å². The molecular weight excluding hydrogens is 453 g/mol. The lowest BCUT2D eigenvalue weighted by atomic mass is 10.1. The molecule has 32 heavy (non-hydrogen) atoms. The topological polar surface area (TPSA) is 80.0 Å². The van der Waals surface area contributed by atoms with Crippen LogP contribution in [0.15, 0.2) is 24.3 Å². The standard InChI is InChI=1S/C21H23ClFN7OS/c1-13-24-20(32-27-13)19-26-25-18-17(7-9-28-8-6-16(23)12-28)29(10-11-30(18)19)21(31)14-2-4-15(22)5-3-14/h2-5,16-17H,6-12H2,1H3/t16-,17?/m1/s1. The Morgan fingerprint density at radius 3 is 2.72 bits per heavy atom. The van der Waals surface area contributed by atoms with Gasteiger partial charge in [0, 0.05) is 43.3 Å². The summed E-state index contributed by atoms with van der Waals surface area (Å²) in [5.74, 6) is 2.04. The van der Waals surface area contributed by atoms with Gasteiger partial charge in [0.2, 0.25) is 0 Å². The van der Waals surface area contributed by atoms with Crippen molar-refractivity contribution in [1.29, 1.82) is 0 Å². The molecular formula is C21H23ClFN7OS.